The number of para-hydroxylation sites is 2. The molecular formula is C36H52N4O6. The second-order valence-electron chi connectivity index (χ2n) is 15.4. The molecule has 1 N–H and O–H groups in total. The fourth-order valence-corrected chi connectivity index (χ4v) is 7.73. The summed E-state index contributed by atoms with van der Waals surface area (Å²) < 4.78 is 12.7. The Morgan fingerprint density at radius 2 is 1.41 bits per heavy atom. The first-order chi connectivity index (χ1) is 21.7. The molecule has 3 atom stereocenters. The van der Waals surface area contributed by atoms with Gasteiger partial charge in [-0.15, -0.1) is 0 Å². The second-order valence-corrected chi connectivity index (χ2v) is 15.4. The van der Waals surface area contributed by atoms with Gasteiger partial charge < -0.3 is 19.4 Å². The van der Waals surface area contributed by atoms with Gasteiger partial charge in [0.1, 0.15) is 17.2 Å². The van der Waals surface area contributed by atoms with E-state index in [0.29, 0.717) is 29.2 Å². The number of amides is 1. The van der Waals surface area contributed by atoms with Crippen LogP contribution in [0.5, 0.6) is 0 Å². The highest BCUT2D eigenvalue weighted by Gasteiger charge is 2.45. The van der Waals surface area contributed by atoms with Crippen LogP contribution in [0.4, 0.5) is 0 Å². The first kappa shape index (κ1) is 34.1. The van der Waals surface area contributed by atoms with Crippen molar-refractivity contribution in [2.24, 2.45) is 0 Å². The zero-order valence-electron chi connectivity index (χ0n) is 28.5. The van der Waals surface area contributed by atoms with Crippen molar-refractivity contribution in [2.75, 3.05) is 0 Å². The number of hydrogen-bond acceptors (Lipinski definition) is 8. The molecule has 3 fully saturated rings. The molecule has 0 spiro atoms. The van der Waals surface area contributed by atoms with E-state index in [-0.39, 0.29) is 11.7 Å². The maximum absolute atomic E-state index is 14.2. The lowest BCUT2D eigenvalue weighted by Gasteiger charge is -2.45. The van der Waals surface area contributed by atoms with E-state index in [2.05, 4.69) is 15.2 Å². The van der Waals surface area contributed by atoms with Gasteiger partial charge in [-0.2, -0.15) is 0 Å². The van der Waals surface area contributed by atoms with E-state index in [1.165, 1.54) is 44.9 Å². The van der Waals surface area contributed by atoms with Crippen LogP contribution >= 0.6 is 0 Å². The number of hydrogen-bond donors (Lipinski definition) is 1. The first-order valence-corrected chi connectivity index (χ1v) is 17.2. The largest absolute Gasteiger partial charge is 0.460 e. The van der Waals surface area contributed by atoms with E-state index in [1.54, 1.807) is 52.2 Å². The van der Waals surface area contributed by atoms with Crippen molar-refractivity contribution in [1.82, 2.24) is 19.8 Å². The van der Waals surface area contributed by atoms with E-state index in [1.807, 2.05) is 18.2 Å². The van der Waals surface area contributed by atoms with E-state index in [4.69, 9.17) is 9.47 Å². The van der Waals surface area contributed by atoms with Crippen LogP contribution in [0.3, 0.4) is 0 Å². The normalized spacial score (nSPS) is 23.7. The first-order valence-electron chi connectivity index (χ1n) is 17.2. The minimum Gasteiger partial charge on any atom is -0.460 e. The van der Waals surface area contributed by atoms with E-state index >= 15 is 0 Å². The third kappa shape index (κ3) is 8.17. The van der Waals surface area contributed by atoms with Crippen LogP contribution in [0.25, 0.3) is 11.0 Å². The molecule has 3 aliphatic rings. The summed E-state index contributed by atoms with van der Waals surface area (Å²) >= 11 is 0. The summed E-state index contributed by atoms with van der Waals surface area (Å²) in [5.41, 5.74) is -1.19. The standard InChI is InChI=1S/C36H52N4O6/c1-35(2,3)45-30(41)22-28(34(44)46-36(4,5)6)38-32(42)31-33(43)40(29-17-13-12-16-27(29)37-31)26-20-24-18-19-25(21-26)39(24)23-14-10-8-7-9-11-15-23/h12-13,16-17,23-26,28H,7-11,14-15,18-22H2,1-6H3,(H,38,42). The van der Waals surface area contributed by atoms with Crippen LogP contribution in [0.1, 0.15) is 135 Å². The zero-order valence-corrected chi connectivity index (χ0v) is 28.5. The fourth-order valence-electron chi connectivity index (χ4n) is 7.73. The summed E-state index contributed by atoms with van der Waals surface area (Å²) in [6, 6.07) is 7.41. The minimum atomic E-state index is -1.36. The predicted molar refractivity (Wildman–Crippen MR) is 177 cm³/mol. The van der Waals surface area contributed by atoms with Crippen LogP contribution in [0.15, 0.2) is 29.1 Å². The lowest BCUT2D eigenvalue weighted by atomic mass is 9.89. The van der Waals surface area contributed by atoms with Gasteiger partial charge >= 0.3 is 11.9 Å². The SMILES string of the molecule is CC(C)(C)OC(=O)CC(NC(=O)c1nc2ccccc2n(C2CC3CCC(C2)N3C2CCCCCCC2)c1=O)C(=O)OC(C)(C)C. The molecule has 1 aliphatic carbocycles. The average molecular weight is 637 g/mol. The Bertz CT molecular complexity index is 1470. The van der Waals surface area contributed by atoms with E-state index in [0.717, 1.165) is 25.7 Å². The number of nitrogens with zero attached hydrogens (tertiary/aromatic N) is 3. The predicted octanol–water partition coefficient (Wildman–Crippen LogP) is 5.85. The van der Waals surface area contributed by atoms with Gasteiger partial charge in [0.25, 0.3) is 11.5 Å². The van der Waals surface area contributed by atoms with Crippen molar-refractivity contribution in [1.29, 1.82) is 0 Å². The number of benzene rings is 1. The number of ether oxygens (including phenoxy) is 2. The highest BCUT2D eigenvalue weighted by Crippen LogP contribution is 2.44. The molecule has 2 aromatic rings. The van der Waals surface area contributed by atoms with E-state index < -0.39 is 47.1 Å². The number of rotatable bonds is 7. The molecule has 0 radical (unpaired) electrons. The van der Waals surface area contributed by atoms with Crippen molar-refractivity contribution in [2.45, 2.75) is 160 Å². The Morgan fingerprint density at radius 1 is 0.826 bits per heavy atom. The third-order valence-electron chi connectivity index (χ3n) is 9.42. The molecule has 3 unspecified atom stereocenters. The molecule has 2 saturated heterocycles. The molecule has 1 saturated carbocycles. The van der Waals surface area contributed by atoms with Crippen LogP contribution in [0, 0.1) is 0 Å². The maximum atomic E-state index is 14.2. The van der Waals surface area contributed by atoms with Crippen LogP contribution in [-0.4, -0.2) is 67.7 Å². The number of carbonyl (C=O) groups excluding carboxylic acids is 3. The van der Waals surface area contributed by atoms with Gasteiger partial charge in [0.15, 0.2) is 5.69 Å². The number of esters is 2. The second kappa shape index (κ2) is 13.8. The molecule has 1 aromatic heterocycles. The fraction of sp³-hybridized carbons (Fsp3) is 0.694. The summed E-state index contributed by atoms with van der Waals surface area (Å²) in [6.07, 6.45) is 12.6. The Kier molecular flexibility index (Phi) is 10.3. The highest BCUT2D eigenvalue weighted by molar-refractivity contribution is 5.97. The van der Waals surface area contributed by atoms with Crippen molar-refractivity contribution in [3.05, 3.63) is 40.3 Å². The van der Waals surface area contributed by atoms with Crippen molar-refractivity contribution in [3.8, 4) is 0 Å². The number of aromatic nitrogens is 2. The lowest BCUT2D eigenvalue weighted by molar-refractivity contribution is -0.164. The van der Waals surface area contributed by atoms with Crippen molar-refractivity contribution >= 4 is 28.9 Å². The quantitative estimate of drug-likeness (QED) is 0.376. The average Bonchev–Trinajstić information content (AvgIpc) is 3.18. The summed E-state index contributed by atoms with van der Waals surface area (Å²) in [5, 5.41) is 2.60. The molecule has 3 heterocycles. The minimum absolute atomic E-state index is 0.0716. The number of piperidine rings is 1. The van der Waals surface area contributed by atoms with Gasteiger partial charge in [0, 0.05) is 24.2 Å². The van der Waals surface area contributed by atoms with Gasteiger partial charge in [-0.05, 0) is 92.2 Å². The Balaban J connectivity index is 1.43. The Hall–Kier alpha value is -3.27. The molecule has 46 heavy (non-hydrogen) atoms. The van der Waals surface area contributed by atoms with Crippen LogP contribution < -0.4 is 10.9 Å². The van der Waals surface area contributed by atoms with Gasteiger partial charge in [0.05, 0.1) is 17.5 Å². The molecule has 5 rings (SSSR count). The van der Waals surface area contributed by atoms with Gasteiger partial charge in [0.2, 0.25) is 0 Å². The number of carbonyl (C=O) groups is 3. The highest BCUT2D eigenvalue weighted by atomic mass is 16.6. The molecule has 2 bridgehead atoms. The molecule has 10 heteroatoms. The molecule has 10 nitrogen and oxygen atoms in total. The molecular weight excluding hydrogens is 584 g/mol. The van der Waals surface area contributed by atoms with Crippen LogP contribution in [0.2, 0.25) is 0 Å². The van der Waals surface area contributed by atoms with Crippen molar-refractivity contribution < 1.29 is 23.9 Å². The third-order valence-corrected chi connectivity index (χ3v) is 9.42. The van der Waals surface area contributed by atoms with Gasteiger partial charge in [-0.25, -0.2) is 9.78 Å². The Morgan fingerprint density at radius 3 is 2.02 bits per heavy atom. The summed E-state index contributed by atoms with van der Waals surface area (Å²) in [7, 11) is 0. The maximum Gasteiger partial charge on any atom is 0.329 e. The molecule has 252 valence electrons. The van der Waals surface area contributed by atoms with Crippen molar-refractivity contribution in [3.63, 3.8) is 0 Å². The van der Waals surface area contributed by atoms with E-state index in [9.17, 15) is 19.2 Å². The molecule has 2 aliphatic heterocycles. The smallest absolute Gasteiger partial charge is 0.329 e. The summed E-state index contributed by atoms with van der Waals surface area (Å²) in [6.45, 7) is 10.3. The topological polar surface area (TPSA) is 120 Å². The molecule has 1 amide bonds. The Labute approximate surface area is 272 Å². The lowest BCUT2D eigenvalue weighted by Crippen LogP contribution is -2.51. The molecule has 1 aromatic carbocycles. The monoisotopic (exact) mass is 636 g/mol. The van der Waals surface area contributed by atoms with Crippen LogP contribution in [-0.2, 0) is 19.1 Å². The zero-order chi connectivity index (χ0) is 33.2. The van der Waals surface area contributed by atoms with Gasteiger partial charge in [-0.1, -0.05) is 44.2 Å². The van der Waals surface area contributed by atoms with Gasteiger partial charge in [-0.3, -0.25) is 19.3 Å². The number of fused-ring (bicyclic) bond motifs is 3. The summed E-state index contributed by atoms with van der Waals surface area (Å²) in [5.74, 6) is -2.27. The number of nitrogens with one attached hydrogen (secondary N) is 1. The summed E-state index contributed by atoms with van der Waals surface area (Å²) in [4.78, 5) is 61.2.